The molecule has 0 radical (unpaired) electrons. The second kappa shape index (κ2) is 16.1. The van der Waals surface area contributed by atoms with Gasteiger partial charge in [0.15, 0.2) is 0 Å². The molecule has 0 heterocycles. The van der Waals surface area contributed by atoms with Crippen molar-refractivity contribution in [3.63, 3.8) is 0 Å². The number of halogens is 4. The molecule has 264 valence electrons. The molecular formula is C47H42Cl4Zr-2. The van der Waals surface area contributed by atoms with E-state index in [0.717, 1.165) is 45.9 Å². The van der Waals surface area contributed by atoms with Crippen molar-refractivity contribution in [2.75, 3.05) is 0 Å². The second-order valence-corrected chi connectivity index (χ2v) is 24.1. The minimum absolute atomic E-state index is 0.194. The summed E-state index contributed by atoms with van der Waals surface area (Å²) in [6.07, 6.45) is 0. The van der Waals surface area contributed by atoms with E-state index >= 15 is 0 Å². The van der Waals surface area contributed by atoms with E-state index in [1.54, 1.807) is 0 Å². The maximum absolute atomic E-state index is 6.65. The Kier molecular flexibility index (Phi) is 12.0. The van der Waals surface area contributed by atoms with Crippen molar-refractivity contribution in [2.24, 2.45) is 0 Å². The number of fused-ring (bicyclic) bond motifs is 5. The minimum atomic E-state index is -2.84. The van der Waals surface area contributed by atoms with Crippen LogP contribution in [0.15, 0.2) is 146 Å². The molecule has 8 rings (SSSR count). The smallest absolute Gasteiger partial charge is 0.172 e. The van der Waals surface area contributed by atoms with Crippen molar-refractivity contribution in [2.45, 2.75) is 52.4 Å². The molecule has 0 aromatic heterocycles. The molecule has 8 aromatic rings. The molecule has 8 aromatic carbocycles. The number of hydrogen-bond acceptors (Lipinski definition) is 0. The van der Waals surface area contributed by atoms with Gasteiger partial charge >= 0.3 is 178 Å². The molecule has 0 fully saturated rings. The number of rotatable bonds is 2. The van der Waals surface area contributed by atoms with Crippen LogP contribution in [-0.4, -0.2) is 3.21 Å². The van der Waals surface area contributed by atoms with E-state index in [1.165, 1.54) is 32.7 Å². The van der Waals surface area contributed by atoms with Gasteiger partial charge in [-0.3, -0.25) is 0 Å². The molecule has 0 bridgehead atoms. The van der Waals surface area contributed by atoms with Crippen LogP contribution in [0, 0.1) is 0 Å². The van der Waals surface area contributed by atoms with Gasteiger partial charge in [-0.05, 0) is 10.8 Å². The van der Waals surface area contributed by atoms with E-state index in [4.69, 9.17) is 40.2 Å². The Hall–Kier alpha value is -3.03. The van der Waals surface area contributed by atoms with E-state index in [9.17, 15) is 0 Å². The maximum atomic E-state index is 6.65. The summed E-state index contributed by atoms with van der Waals surface area (Å²) in [4.78, 5) is 0. The SMILES string of the molecule is CC(C)(C)c1ccc2[cH-]c3ccc(C(C)(C)C)cc3c2c1.Clc1ccc([C](c2ccc(Cl)c3ccccc23)=[Zr]([Cl])[Cl])c2ccccc12.c1cc[cH-]c1. The summed E-state index contributed by atoms with van der Waals surface area (Å²) in [5.74, 6) is 0. The largest absolute Gasteiger partial charge is 0.214 e. The van der Waals surface area contributed by atoms with Crippen LogP contribution in [0.4, 0.5) is 0 Å². The van der Waals surface area contributed by atoms with E-state index in [2.05, 4.69) is 96.1 Å². The molecule has 5 heteroatoms. The summed E-state index contributed by atoms with van der Waals surface area (Å²) in [6.45, 7) is 13.7. The van der Waals surface area contributed by atoms with Gasteiger partial charge in [0.2, 0.25) is 0 Å². The summed E-state index contributed by atoms with van der Waals surface area (Å²) in [5, 5.41) is 11.1. The van der Waals surface area contributed by atoms with Gasteiger partial charge in [0.05, 0.1) is 0 Å². The van der Waals surface area contributed by atoms with Crippen LogP contribution in [0.5, 0.6) is 0 Å². The Morgan fingerprint density at radius 1 is 0.481 bits per heavy atom. The predicted octanol–water partition coefficient (Wildman–Crippen LogP) is 15.5. The van der Waals surface area contributed by atoms with E-state index < -0.39 is 18.9 Å². The summed E-state index contributed by atoms with van der Waals surface area (Å²) in [5.41, 5.74) is 5.31. The van der Waals surface area contributed by atoms with E-state index in [0.29, 0.717) is 0 Å². The molecule has 0 aliphatic rings. The Balaban J connectivity index is 0.000000160. The van der Waals surface area contributed by atoms with Gasteiger partial charge in [-0.25, -0.2) is 12.1 Å². The maximum Gasteiger partial charge on any atom is -0.172 e. The molecule has 0 unspecified atom stereocenters. The number of benzene rings is 6. The molecule has 0 atom stereocenters. The van der Waals surface area contributed by atoms with E-state index in [-0.39, 0.29) is 10.8 Å². The Morgan fingerprint density at radius 3 is 1.23 bits per heavy atom. The molecule has 0 amide bonds. The number of hydrogen-bond donors (Lipinski definition) is 0. The molecule has 0 spiro atoms. The molecule has 0 saturated heterocycles. The first-order valence-electron chi connectivity index (χ1n) is 17.5. The fourth-order valence-corrected chi connectivity index (χ4v) is 11.5. The Morgan fingerprint density at radius 2 is 0.885 bits per heavy atom. The Bertz CT molecular complexity index is 2350. The van der Waals surface area contributed by atoms with Crippen molar-refractivity contribution in [3.05, 3.63) is 178 Å². The van der Waals surface area contributed by atoms with Crippen molar-refractivity contribution in [1.29, 1.82) is 0 Å². The average Bonchev–Trinajstić information content (AvgIpc) is 3.82. The van der Waals surface area contributed by atoms with Gasteiger partial charge in [-0.1, -0.05) is 76.9 Å². The van der Waals surface area contributed by atoms with Gasteiger partial charge in [0, 0.05) is 0 Å². The summed E-state index contributed by atoms with van der Waals surface area (Å²) < 4.78 is 1.04. The zero-order chi connectivity index (χ0) is 37.2. The summed E-state index contributed by atoms with van der Waals surface area (Å²) in [7, 11) is 13.3. The average molecular weight is 840 g/mol. The van der Waals surface area contributed by atoms with Crippen LogP contribution < -0.4 is 0 Å². The van der Waals surface area contributed by atoms with Crippen molar-refractivity contribution in [3.8, 4) is 0 Å². The summed E-state index contributed by atoms with van der Waals surface area (Å²) >= 11 is 9.96. The van der Waals surface area contributed by atoms with Gasteiger partial charge in [0.25, 0.3) is 0 Å². The Labute approximate surface area is 332 Å². The zero-order valence-corrected chi connectivity index (χ0v) is 35.9. The van der Waals surface area contributed by atoms with Crippen LogP contribution in [-0.2, 0) is 29.7 Å². The molecule has 0 saturated carbocycles. The third kappa shape index (κ3) is 8.52. The van der Waals surface area contributed by atoms with Gasteiger partial charge in [-0.15, -0.1) is 39.7 Å². The van der Waals surface area contributed by atoms with Crippen LogP contribution in [0.25, 0.3) is 43.1 Å². The zero-order valence-electron chi connectivity index (χ0n) is 30.4. The third-order valence-electron chi connectivity index (χ3n) is 9.46. The van der Waals surface area contributed by atoms with Gasteiger partial charge in [-0.2, -0.15) is 18.2 Å². The fourth-order valence-electron chi connectivity index (χ4n) is 6.56. The van der Waals surface area contributed by atoms with Crippen molar-refractivity contribution < 1.29 is 18.9 Å². The molecule has 52 heavy (non-hydrogen) atoms. The topological polar surface area (TPSA) is 0 Å². The standard InChI is InChI=1S/C21H12Cl2.C21H25.C5H5.2ClH.Zr/c22-20-11-9-14(16-5-1-3-7-18(16)20)13-15-10-12-21(23)19-8-4-2-6-17(15)19;1-20(2,3)16-9-7-14-11-15-8-10-17(21(4,5)6)13-19(15)18(14)12-16;1-2-4-5-3-1;;;/h1-12H;7-13H,1-6H3;1-5H;2*1H;/q;2*-1;;;+2/p-2. The third-order valence-corrected chi connectivity index (χ3v) is 14.6. The monoisotopic (exact) mass is 836 g/mol. The first-order chi connectivity index (χ1) is 24.7. The molecule has 0 nitrogen and oxygen atoms in total. The second-order valence-electron chi connectivity index (χ2n) is 15.1. The van der Waals surface area contributed by atoms with E-state index in [1.807, 2.05) is 91.0 Å². The van der Waals surface area contributed by atoms with Gasteiger partial charge < -0.3 is 0 Å². The van der Waals surface area contributed by atoms with Crippen LogP contribution in [0.1, 0.15) is 63.8 Å². The predicted molar refractivity (Wildman–Crippen MR) is 229 cm³/mol. The van der Waals surface area contributed by atoms with Crippen LogP contribution in [0.2, 0.25) is 10.0 Å². The fraction of sp³-hybridized carbons (Fsp3) is 0.170. The molecule has 0 N–H and O–H groups in total. The van der Waals surface area contributed by atoms with Crippen molar-refractivity contribution in [1.82, 2.24) is 0 Å². The normalized spacial score (nSPS) is 11.7. The molecular weight excluding hydrogens is 798 g/mol. The van der Waals surface area contributed by atoms with Crippen LogP contribution >= 0.6 is 40.2 Å². The minimum Gasteiger partial charge on any atom is -0.214 e. The van der Waals surface area contributed by atoms with Crippen molar-refractivity contribution >= 4 is 86.5 Å². The quantitative estimate of drug-likeness (QED) is 0.152. The first kappa shape index (κ1) is 38.7. The first-order valence-corrected chi connectivity index (χ1v) is 25.8. The molecule has 0 aliphatic carbocycles. The van der Waals surface area contributed by atoms with Gasteiger partial charge in [0.1, 0.15) is 0 Å². The molecule has 0 aliphatic heterocycles. The van der Waals surface area contributed by atoms with Crippen LogP contribution in [0.3, 0.4) is 0 Å². The summed E-state index contributed by atoms with van der Waals surface area (Å²) in [6, 6.07) is 50.2.